The van der Waals surface area contributed by atoms with Gasteiger partial charge < -0.3 is 20.8 Å². The second kappa shape index (κ2) is 6.44. The Morgan fingerprint density at radius 3 is 2.70 bits per heavy atom. The third kappa shape index (κ3) is 3.29. The number of hydrogen-bond donors (Lipinski definition) is 3. The summed E-state index contributed by atoms with van der Waals surface area (Å²) in [5.74, 6) is -0.299. The van der Waals surface area contributed by atoms with Crippen molar-refractivity contribution in [2.24, 2.45) is 0 Å². The molecule has 0 aliphatic carbocycles. The zero-order valence-electron chi connectivity index (χ0n) is 12.9. The number of methoxy groups -OCH3 is 1. The van der Waals surface area contributed by atoms with E-state index in [1.54, 1.807) is 12.1 Å². The van der Waals surface area contributed by atoms with E-state index >= 15 is 0 Å². The van der Waals surface area contributed by atoms with Gasteiger partial charge in [0.25, 0.3) is 0 Å². The average Bonchev–Trinajstić information content (AvgIpc) is 2.98. The van der Waals surface area contributed by atoms with Crippen LogP contribution in [0.3, 0.4) is 0 Å². The highest BCUT2D eigenvalue weighted by Crippen LogP contribution is 2.21. The van der Waals surface area contributed by atoms with E-state index in [2.05, 4.69) is 10.3 Å². The van der Waals surface area contributed by atoms with E-state index in [1.165, 1.54) is 7.11 Å². The minimum atomic E-state index is -0.470. The van der Waals surface area contributed by atoms with Gasteiger partial charge in [0.2, 0.25) is 0 Å². The number of H-pyrrole nitrogens is 1. The molecule has 0 aliphatic heterocycles. The second-order valence-electron chi connectivity index (χ2n) is 5.41. The van der Waals surface area contributed by atoms with Crippen LogP contribution in [0.5, 0.6) is 0 Å². The summed E-state index contributed by atoms with van der Waals surface area (Å²) in [6.45, 7) is 0. The molecule has 5 nitrogen and oxygen atoms in total. The number of aromatic nitrogens is 1. The lowest BCUT2D eigenvalue weighted by Gasteiger charge is -2.17. The van der Waals surface area contributed by atoms with Crippen molar-refractivity contribution in [1.29, 1.82) is 0 Å². The SMILES string of the molecule is COC(=O)C(Cc1c[nH]c2ccccc12)Nc1ccc(N)cc1. The van der Waals surface area contributed by atoms with Crippen LogP contribution in [0.25, 0.3) is 10.9 Å². The summed E-state index contributed by atoms with van der Waals surface area (Å²) in [6, 6.07) is 14.8. The zero-order chi connectivity index (χ0) is 16.2. The number of nitrogen functional groups attached to an aromatic ring is 1. The van der Waals surface area contributed by atoms with Crippen molar-refractivity contribution >= 4 is 28.2 Å². The molecule has 23 heavy (non-hydrogen) atoms. The number of ether oxygens (including phenoxy) is 1. The molecule has 2 aromatic carbocycles. The third-order valence-electron chi connectivity index (χ3n) is 3.84. The number of fused-ring (bicyclic) bond motifs is 1. The molecule has 1 heterocycles. The van der Waals surface area contributed by atoms with Gasteiger partial charge in [-0.2, -0.15) is 0 Å². The van der Waals surface area contributed by atoms with Crippen LogP contribution in [0.1, 0.15) is 5.56 Å². The Bertz CT molecular complexity index is 809. The topological polar surface area (TPSA) is 80.1 Å². The summed E-state index contributed by atoms with van der Waals surface area (Å²) in [6.07, 6.45) is 2.46. The first-order valence-corrected chi connectivity index (χ1v) is 7.42. The number of nitrogens with one attached hydrogen (secondary N) is 2. The van der Waals surface area contributed by atoms with Crippen LogP contribution in [-0.2, 0) is 16.0 Å². The first-order valence-electron chi connectivity index (χ1n) is 7.42. The predicted octanol–water partition coefficient (Wildman–Crippen LogP) is 2.95. The van der Waals surface area contributed by atoms with E-state index in [0.29, 0.717) is 12.1 Å². The number of aromatic amines is 1. The van der Waals surface area contributed by atoms with Crippen molar-refractivity contribution in [3.63, 3.8) is 0 Å². The number of benzene rings is 2. The molecule has 118 valence electrons. The van der Waals surface area contributed by atoms with Crippen molar-refractivity contribution in [2.45, 2.75) is 12.5 Å². The Hall–Kier alpha value is -2.95. The standard InChI is InChI=1S/C18H19N3O2/c1-23-18(22)17(21-14-8-6-13(19)7-9-14)10-12-11-20-16-5-3-2-4-15(12)16/h2-9,11,17,20-21H,10,19H2,1H3. The molecule has 3 aromatic rings. The van der Waals surface area contributed by atoms with E-state index in [-0.39, 0.29) is 5.97 Å². The van der Waals surface area contributed by atoms with Crippen molar-refractivity contribution in [1.82, 2.24) is 4.98 Å². The van der Waals surface area contributed by atoms with Gasteiger partial charge in [0, 0.05) is 34.9 Å². The molecule has 0 spiro atoms. The lowest BCUT2D eigenvalue weighted by atomic mass is 10.0. The lowest BCUT2D eigenvalue weighted by molar-refractivity contribution is -0.141. The molecule has 1 atom stereocenters. The van der Waals surface area contributed by atoms with Crippen LogP contribution < -0.4 is 11.1 Å². The first kappa shape index (κ1) is 15.0. The van der Waals surface area contributed by atoms with Gasteiger partial charge in [0.05, 0.1) is 7.11 Å². The molecule has 0 saturated carbocycles. The van der Waals surface area contributed by atoms with Gasteiger partial charge in [0.15, 0.2) is 0 Å². The molecule has 1 unspecified atom stereocenters. The van der Waals surface area contributed by atoms with Crippen molar-refractivity contribution in [2.75, 3.05) is 18.2 Å². The molecule has 0 amide bonds. The van der Waals surface area contributed by atoms with Crippen molar-refractivity contribution < 1.29 is 9.53 Å². The molecule has 4 N–H and O–H groups in total. The van der Waals surface area contributed by atoms with Gasteiger partial charge in [-0.25, -0.2) is 4.79 Å². The molecule has 0 bridgehead atoms. The second-order valence-corrected chi connectivity index (χ2v) is 5.41. The van der Waals surface area contributed by atoms with Crippen molar-refractivity contribution in [3.8, 4) is 0 Å². The minimum absolute atomic E-state index is 0.299. The normalized spacial score (nSPS) is 12.0. The monoisotopic (exact) mass is 309 g/mol. The molecule has 0 fully saturated rings. The lowest BCUT2D eigenvalue weighted by Crippen LogP contribution is -2.32. The number of carbonyl (C=O) groups is 1. The van der Waals surface area contributed by atoms with E-state index in [4.69, 9.17) is 10.5 Å². The molecular formula is C18H19N3O2. The number of hydrogen-bond acceptors (Lipinski definition) is 4. The maximum absolute atomic E-state index is 12.1. The van der Waals surface area contributed by atoms with Gasteiger partial charge in [-0.05, 0) is 35.9 Å². The predicted molar refractivity (Wildman–Crippen MR) is 92.3 cm³/mol. The summed E-state index contributed by atoms with van der Waals surface area (Å²) < 4.78 is 4.93. The van der Waals surface area contributed by atoms with E-state index < -0.39 is 6.04 Å². The molecule has 0 saturated heterocycles. The fourth-order valence-electron chi connectivity index (χ4n) is 2.64. The summed E-state index contributed by atoms with van der Waals surface area (Å²) in [5, 5.41) is 4.33. The Kier molecular flexibility index (Phi) is 4.19. The summed E-state index contributed by atoms with van der Waals surface area (Å²) in [7, 11) is 1.40. The van der Waals surface area contributed by atoms with Gasteiger partial charge in [-0.15, -0.1) is 0 Å². The average molecular weight is 309 g/mol. The highest BCUT2D eigenvalue weighted by molar-refractivity contribution is 5.85. The van der Waals surface area contributed by atoms with E-state index in [0.717, 1.165) is 22.2 Å². The Labute approximate surface area is 134 Å². The molecule has 0 aliphatic rings. The van der Waals surface area contributed by atoms with Crippen LogP contribution in [0, 0.1) is 0 Å². The number of para-hydroxylation sites is 1. The Morgan fingerprint density at radius 1 is 1.22 bits per heavy atom. The Balaban J connectivity index is 1.84. The van der Waals surface area contributed by atoms with Gasteiger partial charge >= 0.3 is 5.97 Å². The van der Waals surface area contributed by atoms with Gasteiger partial charge in [-0.3, -0.25) is 0 Å². The van der Waals surface area contributed by atoms with Crippen LogP contribution >= 0.6 is 0 Å². The maximum atomic E-state index is 12.1. The fraction of sp³-hybridized carbons (Fsp3) is 0.167. The van der Waals surface area contributed by atoms with Crippen LogP contribution in [0.4, 0.5) is 11.4 Å². The van der Waals surface area contributed by atoms with Crippen LogP contribution in [0.2, 0.25) is 0 Å². The fourth-order valence-corrected chi connectivity index (χ4v) is 2.64. The first-order chi connectivity index (χ1) is 11.2. The summed E-state index contributed by atoms with van der Waals surface area (Å²) in [5.41, 5.74) is 9.32. The highest BCUT2D eigenvalue weighted by atomic mass is 16.5. The highest BCUT2D eigenvalue weighted by Gasteiger charge is 2.21. The summed E-state index contributed by atoms with van der Waals surface area (Å²) in [4.78, 5) is 15.4. The molecular weight excluding hydrogens is 290 g/mol. The third-order valence-corrected chi connectivity index (χ3v) is 3.84. The number of carbonyl (C=O) groups excluding carboxylic acids is 1. The molecule has 0 radical (unpaired) electrons. The number of nitrogens with two attached hydrogens (primary N) is 1. The van der Waals surface area contributed by atoms with Crippen molar-refractivity contribution in [3.05, 3.63) is 60.3 Å². The number of anilines is 2. The number of esters is 1. The zero-order valence-corrected chi connectivity index (χ0v) is 12.9. The maximum Gasteiger partial charge on any atom is 0.328 e. The van der Waals surface area contributed by atoms with Gasteiger partial charge in [-0.1, -0.05) is 18.2 Å². The molecule has 5 heteroatoms. The largest absolute Gasteiger partial charge is 0.467 e. The molecule has 1 aromatic heterocycles. The molecule has 3 rings (SSSR count). The summed E-state index contributed by atoms with van der Waals surface area (Å²) >= 11 is 0. The quantitative estimate of drug-likeness (QED) is 0.500. The van der Waals surface area contributed by atoms with Crippen LogP contribution in [0.15, 0.2) is 54.7 Å². The van der Waals surface area contributed by atoms with Crippen LogP contribution in [-0.4, -0.2) is 24.1 Å². The van der Waals surface area contributed by atoms with E-state index in [9.17, 15) is 4.79 Å². The number of rotatable bonds is 5. The van der Waals surface area contributed by atoms with Gasteiger partial charge in [0.1, 0.15) is 6.04 Å². The minimum Gasteiger partial charge on any atom is -0.467 e. The Morgan fingerprint density at radius 2 is 1.96 bits per heavy atom. The van der Waals surface area contributed by atoms with E-state index in [1.807, 2.05) is 42.6 Å². The smallest absolute Gasteiger partial charge is 0.328 e.